The highest BCUT2D eigenvalue weighted by molar-refractivity contribution is 6.32. The molecule has 1 heterocycles. The maximum absolute atomic E-state index is 12.6. The summed E-state index contributed by atoms with van der Waals surface area (Å²) in [6.45, 7) is 6.74. The first-order valence-electron chi connectivity index (χ1n) is 12.1. The van der Waals surface area contributed by atoms with Crippen LogP contribution in [0.15, 0.2) is 46.9 Å². The summed E-state index contributed by atoms with van der Waals surface area (Å²) < 4.78 is 17.3. The van der Waals surface area contributed by atoms with Crippen molar-refractivity contribution in [2.45, 2.75) is 58.8 Å². The summed E-state index contributed by atoms with van der Waals surface area (Å²) in [4.78, 5) is 17.2. The van der Waals surface area contributed by atoms with Crippen molar-refractivity contribution in [3.8, 4) is 17.2 Å². The highest BCUT2D eigenvalue weighted by Crippen LogP contribution is 2.44. The van der Waals surface area contributed by atoms with Gasteiger partial charge in [-0.15, -0.1) is 0 Å². The first-order chi connectivity index (χ1) is 16.5. The van der Waals surface area contributed by atoms with Crippen LogP contribution >= 0.6 is 11.6 Å². The molecule has 5 nitrogen and oxygen atoms in total. The van der Waals surface area contributed by atoms with E-state index in [4.69, 9.17) is 25.5 Å². The van der Waals surface area contributed by atoms with Crippen LogP contribution in [0.25, 0.3) is 11.5 Å². The summed E-state index contributed by atoms with van der Waals surface area (Å²) in [5.41, 5.74) is 4.20. The molecule has 2 aromatic carbocycles. The van der Waals surface area contributed by atoms with Crippen molar-refractivity contribution in [3.63, 3.8) is 0 Å². The van der Waals surface area contributed by atoms with E-state index in [1.807, 2.05) is 56.3 Å². The zero-order valence-corrected chi connectivity index (χ0v) is 20.9. The Labute approximate surface area is 206 Å². The maximum atomic E-state index is 12.6. The number of oxazole rings is 1. The lowest BCUT2D eigenvalue weighted by Crippen LogP contribution is -2.23. The Morgan fingerprint density at radius 3 is 2.76 bits per heavy atom. The number of fused-ring (bicyclic) bond motifs is 1. The number of nitrogens with zero attached hydrogens (tertiary/aromatic N) is 1. The SMILES string of the molecule is CCCC(C(=O)OCC)C1CCc2cc(OCCc3nc(-c4ccccc4)oc3C)c(Cl)cc21. The Bertz CT molecular complexity index is 1120. The van der Waals surface area contributed by atoms with Crippen molar-refractivity contribution < 1.29 is 18.7 Å². The number of aromatic nitrogens is 1. The van der Waals surface area contributed by atoms with Gasteiger partial charge in [0, 0.05) is 12.0 Å². The molecule has 3 aromatic rings. The monoisotopic (exact) mass is 481 g/mol. The van der Waals surface area contributed by atoms with Crippen LogP contribution in [0.3, 0.4) is 0 Å². The number of rotatable bonds is 10. The minimum Gasteiger partial charge on any atom is -0.492 e. The van der Waals surface area contributed by atoms with Crippen LogP contribution < -0.4 is 4.74 Å². The molecule has 0 N–H and O–H groups in total. The molecule has 2 atom stereocenters. The molecule has 0 aliphatic heterocycles. The van der Waals surface area contributed by atoms with Crippen LogP contribution in [0.2, 0.25) is 5.02 Å². The Hall–Kier alpha value is -2.79. The normalized spacial score (nSPS) is 15.7. The molecule has 4 rings (SSSR count). The number of benzene rings is 2. The minimum absolute atomic E-state index is 0.100. The summed E-state index contributed by atoms with van der Waals surface area (Å²) in [5, 5.41) is 0.576. The zero-order chi connectivity index (χ0) is 24.1. The smallest absolute Gasteiger partial charge is 0.309 e. The molecule has 0 fully saturated rings. The molecular weight excluding hydrogens is 450 g/mol. The van der Waals surface area contributed by atoms with Gasteiger partial charge in [0.25, 0.3) is 0 Å². The molecule has 2 unspecified atom stereocenters. The summed E-state index contributed by atoms with van der Waals surface area (Å²) in [5.74, 6) is 2.02. The van der Waals surface area contributed by atoms with Crippen molar-refractivity contribution in [1.82, 2.24) is 4.98 Å². The van der Waals surface area contributed by atoms with E-state index < -0.39 is 0 Å². The van der Waals surface area contributed by atoms with Crippen LogP contribution in [0.4, 0.5) is 0 Å². The fraction of sp³-hybridized carbons (Fsp3) is 0.429. The predicted molar refractivity (Wildman–Crippen MR) is 133 cm³/mol. The molecule has 0 saturated carbocycles. The van der Waals surface area contributed by atoms with E-state index in [-0.39, 0.29) is 17.8 Å². The van der Waals surface area contributed by atoms with Crippen LogP contribution in [-0.4, -0.2) is 24.2 Å². The number of esters is 1. The highest BCUT2D eigenvalue weighted by atomic mass is 35.5. The lowest BCUT2D eigenvalue weighted by molar-refractivity contribution is -0.149. The Morgan fingerprint density at radius 1 is 1.24 bits per heavy atom. The summed E-state index contributed by atoms with van der Waals surface area (Å²) in [7, 11) is 0. The van der Waals surface area contributed by atoms with Gasteiger partial charge < -0.3 is 13.9 Å². The molecule has 0 bridgehead atoms. The molecule has 1 aliphatic rings. The van der Waals surface area contributed by atoms with Gasteiger partial charge in [0.2, 0.25) is 5.89 Å². The van der Waals surface area contributed by atoms with E-state index in [1.54, 1.807) is 0 Å². The fourth-order valence-corrected chi connectivity index (χ4v) is 5.06. The van der Waals surface area contributed by atoms with Gasteiger partial charge in [-0.2, -0.15) is 0 Å². The van der Waals surface area contributed by atoms with E-state index in [0.717, 1.165) is 48.3 Å². The van der Waals surface area contributed by atoms with Gasteiger partial charge in [-0.1, -0.05) is 43.1 Å². The van der Waals surface area contributed by atoms with Gasteiger partial charge in [0.05, 0.1) is 29.8 Å². The Kier molecular flexibility index (Phi) is 7.94. The lowest BCUT2D eigenvalue weighted by Gasteiger charge is -2.23. The third-order valence-electron chi connectivity index (χ3n) is 6.50. The molecule has 0 radical (unpaired) electrons. The number of carbonyl (C=O) groups excluding carboxylic acids is 1. The predicted octanol–water partition coefficient (Wildman–Crippen LogP) is 6.93. The third-order valence-corrected chi connectivity index (χ3v) is 6.80. The topological polar surface area (TPSA) is 61.6 Å². The minimum atomic E-state index is -0.122. The van der Waals surface area contributed by atoms with E-state index in [1.165, 1.54) is 5.56 Å². The molecule has 6 heteroatoms. The molecule has 0 saturated heterocycles. The van der Waals surface area contributed by atoms with E-state index in [0.29, 0.717) is 36.3 Å². The Morgan fingerprint density at radius 2 is 2.03 bits per heavy atom. The first-order valence-corrected chi connectivity index (χ1v) is 12.5. The number of hydrogen-bond acceptors (Lipinski definition) is 5. The first kappa shape index (κ1) is 24.3. The number of carbonyl (C=O) groups is 1. The summed E-state index contributed by atoms with van der Waals surface area (Å²) in [6.07, 6.45) is 4.23. The molecule has 0 spiro atoms. The molecular formula is C28H32ClNO4. The fourth-order valence-electron chi connectivity index (χ4n) is 4.83. The average Bonchev–Trinajstić information content (AvgIpc) is 3.41. The quantitative estimate of drug-likeness (QED) is 0.294. The molecule has 0 amide bonds. The second-order valence-electron chi connectivity index (χ2n) is 8.76. The zero-order valence-electron chi connectivity index (χ0n) is 20.1. The molecule has 1 aromatic heterocycles. The molecule has 1 aliphatic carbocycles. The van der Waals surface area contributed by atoms with Crippen LogP contribution in [0, 0.1) is 12.8 Å². The number of ether oxygens (including phenoxy) is 2. The second-order valence-corrected chi connectivity index (χ2v) is 9.17. The van der Waals surface area contributed by atoms with Gasteiger partial charge in [-0.25, -0.2) is 4.98 Å². The van der Waals surface area contributed by atoms with E-state index >= 15 is 0 Å². The second kappa shape index (κ2) is 11.1. The van der Waals surface area contributed by atoms with E-state index in [2.05, 4.69) is 11.9 Å². The Balaban J connectivity index is 1.43. The maximum Gasteiger partial charge on any atom is 0.309 e. The van der Waals surface area contributed by atoms with Gasteiger partial charge in [-0.3, -0.25) is 4.79 Å². The molecule has 180 valence electrons. The van der Waals surface area contributed by atoms with Crippen LogP contribution in [0.1, 0.15) is 61.6 Å². The average molecular weight is 482 g/mol. The third kappa shape index (κ3) is 5.30. The van der Waals surface area contributed by atoms with Crippen LogP contribution in [-0.2, 0) is 22.4 Å². The van der Waals surface area contributed by atoms with Gasteiger partial charge in [-0.05, 0) is 74.4 Å². The van der Waals surface area contributed by atoms with Crippen molar-refractivity contribution >= 4 is 17.6 Å². The van der Waals surface area contributed by atoms with Crippen molar-refractivity contribution in [2.24, 2.45) is 5.92 Å². The molecule has 34 heavy (non-hydrogen) atoms. The van der Waals surface area contributed by atoms with Gasteiger partial charge in [0.15, 0.2) is 0 Å². The number of halogens is 1. The van der Waals surface area contributed by atoms with Crippen LogP contribution in [0.5, 0.6) is 5.75 Å². The van der Waals surface area contributed by atoms with Gasteiger partial charge in [0.1, 0.15) is 11.5 Å². The van der Waals surface area contributed by atoms with Crippen molar-refractivity contribution in [1.29, 1.82) is 0 Å². The van der Waals surface area contributed by atoms with Gasteiger partial charge >= 0.3 is 5.97 Å². The largest absolute Gasteiger partial charge is 0.492 e. The number of hydrogen-bond donors (Lipinski definition) is 0. The van der Waals surface area contributed by atoms with Crippen molar-refractivity contribution in [3.05, 3.63) is 70.1 Å². The van der Waals surface area contributed by atoms with Crippen molar-refractivity contribution in [2.75, 3.05) is 13.2 Å². The summed E-state index contributed by atoms with van der Waals surface area (Å²) >= 11 is 6.62. The standard InChI is InChI=1S/C28H32ClNO4/c1-4-9-22(28(31)32-5-2)21-13-12-20-16-26(24(29)17-23(20)21)33-15-14-25-18(3)34-27(30-25)19-10-7-6-8-11-19/h6-8,10-11,16-17,21-22H,4-5,9,12-15H2,1-3H3. The lowest BCUT2D eigenvalue weighted by atomic mass is 9.84. The van der Waals surface area contributed by atoms with E-state index in [9.17, 15) is 4.79 Å². The number of aryl methyl sites for hydroxylation is 2. The summed E-state index contributed by atoms with van der Waals surface area (Å²) in [6, 6.07) is 13.9. The highest BCUT2D eigenvalue weighted by Gasteiger charge is 2.35.